The minimum Gasteiger partial charge on any atom is -0.338 e. The first kappa shape index (κ1) is 16.1. The lowest BCUT2D eigenvalue weighted by Gasteiger charge is -2.17. The number of halogens is 1. The molecule has 6 heteroatoms. The van der Waals surface area contributed by atoms with Gasteiger partial charge in [-0.05, 0) is 36.6 Å². The Bertz CT molecular complexity index is 936. The molecule has 0 aliphatic carbocycles. The van der Waals surface area contributed by atoms with Crippen LogP contribution >= 0.6 is 11.6 Å². The maximum absolute atomic E-state index is 12.7. The smallest absolute Gasteiger partial charge is 0.255 e. The molecule has 0 bridgehead atoms. The van der Waals surface area contributed by atoms with Crippen molar-refractivity contribution in [2.45, 2.75) is 12.8 Å². The summed E-state index contributed by atoms with van der Waals surface area (Å²) in [4.78, 5) is 23.7. The number of imidazole rings is 1. The molecule has 1 fully saturated rings. The minimum absolute atomic E-state index is 0.0137. The van der Waals surface area contributed by atoms with E-state index in [0.717, 1.165) is 42.9 Å². The third-order valence-electron chi connectivity index (χ3n) is 4.87. The summed E-state index contributed by atoms with van der Waals surface area (Å²) in [6, 6.07) is 11.1. The van der Waals surface area contributed by atoms with Crippen LogP contribution in [0.5, 0.6) is 0 Å². The van der Waals surface area contributed by atoms with Crippen LogP contribution in [0, 0.1) is 5.92 Å². The number of fused-ring (bicyclic) bond motifs is 1. The Kier molecular flexibility index (Phi) is 4.17. The van der Waals surface area contributed by atoms with Gasteiger partial charge in [0.25, 0.3) is 5.91 Å². The number of likely N-dealkylation sites (tertiary alicyclic amines) is 1. The third kappa shape index (κ3) is 3.00. The second kappa shape index (κ2) is 6.48. The Morgan fingerprint density at radius 2 is 2.12 bits per heavy atom. The summed E-state index contributed by atoms with van der Waals surface area (Å²) in [5.41, 5.74) is 2.40. The lowest BCUT2D eigenvalue weighted by Crippen LogP contribution is -2.29. The molecule has 4 rings (SSSR count). The highest BCUT2D eigenvalue weighted by Gasteiger charge is 2.29. The van der Waals surface area contributed by atoms with Gasteiger partial charge in [0.15, 0.2) is 5.65 Å². The molecular formula is C19H19ClN4O. The maximum Gasteiger partial charge on any atom is 0.255 e. The van der Waals surface area contributed by atoms with Gasteiger partial charge >= 0.3 is 0 Å². The molecule has 1 aliphatic heterocycles. The van der Waals surface area contributed by atoms with E-state index in [9.17, 15) is 4.79 Å². The minimum atomic E-state index is 0.0137. The number of amides is 1. The molecule has 1 amide bonds. The molecule has 1 aliphatic rings. The zero-order valence-corrected chi connectivity index (χ0v) is 14.8. The third-order valence-corrected chi connectivity index (χ3v) is 5.20. The van der Waals surface area contributed by atoms with Gasteiger partial charge in [0.2, 0.25) is 0 Å². The standard InChI is InChI=1S/C19H19ClN4O/c1-23-17(22-16-7-4-9-21-18(16)23)11-13-8-10-24(12-13)19(25)14-5-2-3-6-15(14)20/h2-7,9,13H,8,10-12H2,1H3/t13-/m1/s1. The van der Waals surface area contributed by atoms with E-state index < -0.39 is 0 Å². The molecule has 1 saturated heterocycles. The van der Waals surface area contributed by atoms with Crippen molar-refractivity contribution in [2.24, 2.45) is 13.0 Å². The molecule has 128 valence electrons. The lowest BCUT2D eigenvalue weighted by atomic mass is 10.0. The Labute approximate surface area is 151 Å². The Balaban J connectivity index is 1.48. The van der Waals surface area contributed by atoms with E-state index in [1.54, 1.807) is 18.3 Å². The first-order valence-electron chi connectivity index (χ1n) is 8.43. The molecule has 0 saturated carbocycles. The van der Waals surface area contributed by atoms with Gasteiger partial charge in [0, 0.05) is 32.8 Å². The van der Waals surface area contributed by atoms with Crippen LogP contribution in [0.4, 0.5) is 0 Å². The van der Waals surface area contributed by atoms with E-state index in [0.29, 0.717) is 16.5 Å². The van der Waals surface area contributed by atoms with Gasteiger partial charge in [-0.15, -0.1) is 0 Å². The number of hydrogen-bond donors (Lipinski definition) is 0. The van der Waals surface area contributed by atoms with Crippen LogP contribution in [-0.2, 0) is 13.5 Å². The molecule has 1 atom stereocenters. The number of hydrogen-bond acceptors (Lipinski definition) is 3. The number of pyridine rings is 1. The van der Waals surface area contributed by atoms with Gasteiger partial charge in [-0.2, -0.15) is 0 Å². The van der Waals surface area contributed by atoms with E-state index in [1.807, 2.05) is 40.8 Å². The number of carbonyl (C=O) groups excluding carboxylic acids is 1. The summed E-state index contributed by atoms with van der Waals surface area (Å²) >= 11 is 6.16. The topological polar surface area (TPSA) is 51.0 Å². The summed E-state index contributed by atoms with van der Waals surface area (Å²) in [6.07, 6.45) is 3.61. The van der Waals surface area contributed by atoms with Crippen molar-refractivity contribution in [2.75, 3.05) is 13.1 Å². The second-order valence-corrected chi connectivity index (χ2v) is 6.93. The predicted octanol–water partition coefficient (Wildman–Crippen LogP) is 3.33. The van der Waals surface area contributed by atoms with Crippen molar-refractivity contribution in [1.29, 1.82) is 0 Å². The summed E-state index contributed by atoms with van der Waals surface area (Å²) in [5.74, 6) is 1.44. The molecule has 0 spiro atoms. The maximum atomic E-state index is 12.7. The van der Waals surface area contributed by atoms with Crippen molar-refractivity contribution in [3.8, 4) is 0 Å². The first-order chi connectivity index (χ1) is 12.1. The van der Waals surface area contributed by atoms with Crippen molar-refractivity contribution < 1.29 is 4.79 Å². The largest absolute Gasteiger partial charge is 0.338 e. The van der Waals surface area contributed by atoms with Gasteiger partial charge in [-0.1, -0.05) is 23.7 Å². The van der Waals surface area contributed by atoms with Crippen LogP contribution in [0.3, 0.4) is 0 Å². The van der Waals surface area contributed by atoms with Gasteiger partial charge in [-0.3, -0.25) is 4.79 Å². The molecule has 25 heavy (non-hydrogen) atoms. The molecule has 0 radical (unpaired) electrons. The van der Waals surface area contributed by atoms with Crippen LogP contribution in [0.2, 0.25) is 5.02 Å². The Hall–Kier alpha value is -2.40. The van der Waals surface area contributed by atoms with E-state index in [2.05, 4.69) is 4.98 Å². The normalized spacial score (nSPS) is 17.4. The predicted molar refractivity (Wildman–Crippen MR) is 97.7 cm³/mol. The molecule has 3 heterocycles. The van der Waals surface area contributed by atoms with Gasteiger partial charge in [0.1, 0.15) is 11.3 Å². The summed E-state index contributed by atoms with van der Waals surface area (Å²) < 4.78 is 2.05. The van der Waals surface area contributed by atoms with Gasteiger partial charge < -0.3 is 9.47 Å². The SMILES string of the molecule is Cn1c(C[C@H]2CCN(C(=O)c3ccccc3Cl)C2)nc2cccnc21. The van der Waals surface area contributed by atoms with E-state index in [4.69, 9.17) is 16.6 Å². The van der Waals surface area contributed by atoms with Crippen molar-refractivity contribution in [1.82, 2.24) is 19.4 Å². The molecule has 2 aromatic heterocycles. The monoisotopic (exact) mass is 354 g/mol. The fourth-order valence-corrected chi connectivity index (χ4v) is 3.72. The van der Waals surface area contributed by atoms with Crippen molar-refractivity contribution in [3.63, 3.8) is 0 Å². The summed E-state index contributed by atoms with van der Waals surface area (Å²) in [6.45, 7) is 1.50. The van der Waals surface area contributed by atoms with Crippen molar-refractivity contribution >= 4 is 28.7 Å². The number of aryl methyl sites for hydroxylation is 1. The number of rotatable bonds is 3. The lowest BCUT2D eigenvalue weighted by molar-refractivity contribution is 0.0787. The molecular weight excluding hydrogens is 336 g/mol. The number of aromatic nitrogens is 3. The van der Waals surface area contributed by atoms with Crippen LogP contribution in [-0.4, -0.2) is 38.4 Å². The van der Waals surface area contributed by atoms with E-state index in [-0.39, 0.29) is 5.91 Å². The highest BCUT2D eigenvalue weighted by atomic mass is 35.5. The Morgan fingerprint density at radius 1 is 1.28 bits per heavy atom. The average Bonchev–Trinajstić information content (AvgIpc) is 3.21. The van der Waals surface area contributed by atoms with Gasteiger partial charge in [-0.25, -0.2) is 9.97 Å². The van der Waals surface area contributed by atoms with E-state index >= 15 is 0 Å². The summed E-state index contributed by atoms with van der Waals surface area (Å²) in [7, 11) is 2.00. The average molecular weight is 355 g/mol. The summed E-state index contributed by atoms with van der Waals surface area (Å²) in [5, 5.41) is 0.511. The fourth-order valence-electron chi connectivity index (χ4n) is 3.50. The first-order valence-corrected chi connectivity index (χ1v) is 8.81. The fraction of sp³-hybridized carbons (Fsp3) is 0.316. The van der Waals surface area contributed by atoms with Gasteiger partial charge in [0.05, 0.1) is 10.6 Å². The van der Waals surface area contributed by atoms with E-state index in [1.165, 1.54) is 0 Å². The van der Waals surface area contributed by atoms with Crippen molar-refractivity contribution in [3.05, 3.63) is 59.0 Å². The molecule has 0 N–H and O–H groups in total. The highest BCUT2D eigenvalue weighted by molar-refractivity contribution is 6.33. The van der Waals surface area contributed by atoms with Crippen LogP contribution < -0.4 is 0 Å². The highest BCUT2D eigenvalue weighted by Crippen LogP contribution is 2.25. The Morgan fingerprint density at radius 3 is 2.92 bits per heavy atom. The number of nitrogens with zero attached hydrogens (tertiary/aromatic N) is 4. The zero-order chi connectivity index (χ0) is 17.4. The second-order valence-electron chi connectivity index (χ2n) is 6.52. The molecule has 3 aromatic rings. The number of carbonyl (C=O) groups is 1. The molecule has 5 nitrogen and oxygen atoms in total. The quantitative estimate of drug-likeness (QED) is 0.725. The zero-order valence-electron chi connectivity index (χ0n) is 14.0. The molecule has 1 aromatic carbocycles. The van der Waals surface area contributed by atoms with Crippen LogP contribution in [0.15, 0.2) is 42.6 Å². The van der Waals surface area contributed by atoms with Crippen LogP contribution in [0.1, 0.15) is 22.6 Å². The van der Waals surface area contributed by atoms with Crippen LogP contribution in [0.25, 0.3) is 11.2 Å². The number of benzene rings is 1. The molecule has 0 unspecified atom stereocenters.